The van der Waals surface area contributed by atoms with Crippen molar-refractivity contribution in [2.45, 2.75) is 52.6 Å². The maximum Gasteiger partial charge on any atom is 0.308 e. The molecule has 0 amide bonds. The molecule has 0 saturated carbocycles. The summed E-state index contributed by atoms with van der Waals surface area (Å²) in [6.45, 7) is 5.76. The molecule has 17 heavy (non-hydrogen) atoms. The van der Waals surface area contributed by atoms with Gasteiger partial charge in [-0.3, -0.25) is 4.79 Å². The molecule has 0 aromatic carbocycles. The Balaban J connectivity index is 3.55. The first-order chi connectivity index (χ1) is 7.97. The van der Waals surface area contributed by atoms with E-state index in [0.717, 1.165) is 6.42 Å². The van der Waals surface area contributed by atoms with E-state index in [1.807, 2.05) is 6.92 Å². The van der Waals surface area contributed by atoms with Crippen molar-refractivity contribution in [3.63, 3.8) is 0 Å². The normalized spacial score (nSPS) is 12.2. The van der Waals surface area contributed by atoms with Crippen LogP contribution in [0.15, 0.2) is 0 Å². The Morgan fingerprint density at radius 1 is 1.35 bits per heavy atom. The number of esters is 1. The molecule has 6 heteroatoms. The number of rotatable bonds is 9. The Hall–Kier alpha value is -1.33. The zero-order chi connectivity index (χ0) is 13.3. The summed E-state index contributed by atoms with van der Waals surface area (Å²) in [5, 5.41) is 9.38. The summed E-state index contributed by atoms with van der Waals surface area (Å²) < 4.78 is 4.99. The summed E-state index contributed by atoms with van der Waals surface area (Å²) in [5.74, 6) is -0.324. The van der Waals surface area contributed by atoms with Gasteiger partial charge in [0.15, 0.2) is 0 Å². The molecule has 6 nitrogen and oxygen atoms in total. The topological polar surface area (TPSA) is 78.7 Å². The van der Waals surface area contributed by atoms with E-state index in [-0.39, 0.29) is 18.0 Å². The Kier molecular flexibility index (Phi) is 8.09. The smallest absolute Gasteiger partial charge is 0.308 e. The van der Waals surface area contributed by atoms with Crippen molar-refractivity contribution in [2.75, 3.05) is 6.61 Å². The Bertz CT molecular complexity index is 242. The van der Waals surface area contributed by atoms with E-state index in [0.29, 0.717) is 25.9 Å². The highest BCUT2D eigenvalue weighted by Gasteiger charge is 2.11. The molecule has 0 aromatic rings. The molecule has 1 atom stereocenters. The van der Waals surface area contributed by atoms with Crippen LogP contribution < -0.4 is 0 Å². The van der Waals surface area contributed by atoms with Gasteiger partial charge in [0.2, 0.25) is 0 Å². The fourth-order valence-electron chi connectivity index (χ4n) is 1.27. The molecule has 0 aromatic heterocycles. The molecule has 0 bridgehead atoms. The predicted octanol–water partition coefficient (Wildman–Crippen LogP) is 2.34. The standard InChI is InChI=1S/C11H21NO5/c1-4-10(17-12(14)15)7-5-6-8-16-11(13)9(2)3/h9-10H,4-8H2,1-3H3/t10-/m1/s1. The zero-order valence-corrected chi connectivity index (χ0v) is 10.7. The molecule has 0 heterocycles. The van der Waals surface area contributed by atoms with E-state index in [1.165, 1.54) is 0 Å². The second-order valence-corrected chi connectivity index (χ2v) is 4.18. The van der Waals surface area contributed by atoms with Crippen LogP contribution in [0.1, 0.15) is 46.5 Å². The molecular formula is C11H21NO5. The number of unbranched alkanes of at least 4 members (excludes halogenated alkanes) is 1. The Morgan fingerprint density at radius 2 is 2.00 bits per heavy atom. The quantitative estimate of drug-likeness (QED) is 0.270. The molecular weight excluding hydrogens is 226 g/mol. The molecule has 0 fully saturated rings. The van der Waals surface area contributed by atoms with Gasteiger partial charge >= 0.3 is 5.97 Å². The lowest BCUT2D eigenvalue weighted by atomic mass is 10.1. The zero-order valence-electron chi connectivity index (χ0n) is 10.7. The van der Waals surface area contributed by atoms with Gasteiger partial charge in [-0.1, -0.05) is 20.8 Å². The van der Waals surface area contributed by atoms with Crippen molar-refractivity contribution >= 4 is 5.97 Å². The van der Waals surface area contributed by atoms with Crippen LogP contribution in [0.2, 0.25) is 0 Å². The highest BCUT2D eigenvalue weighted by Crippen LogP contribution is 2.09. The van der Waals surface area contributed by atoms with Gasteiger partial charge in [-0.05, 0) is 25.7 Å². The highest BCUT2D eigenvalue weighted by atomic mass is 17.0. The van der Waals surface area contributed by atoms with Crippen LogP contribution in [0.3, 0.4) is 0 Å². The van der Waals surface area contributed by atoms with Crippen LogP contribution in [-0.2, 0) is 14.4 Å². The van der Waals surface area contributed by atoms with Crippen molar-refractivity contribution < 1.29 is 19.5 Å². The lowest BCUT2D eigenvalue weighted by molar-refractivity contribution is -0.768. The minimum absolute atomic E-state index is 0.115. The van der Waals surface area contributed by atoms with Crippen molar-refractivity contribution in [3.8, 4) is 0 Å². The van der Waals surface area contributed by atoms with E-state index in [4.69, 9.17) is 4.74 Å². The van der Waals surface area contributed by atoms with E-state index in [9.17, 15) is 14.9 Å². The number of hydrogen-bond acceptors (Lipinski definition) is 5. The molecule has 0 rings (SSSR count). The average Bonchev–Trinajstić information content (AvgIpc) is 2.25. The third-order valence-electron chi connectivity index (χ3n) is 2.33. The summed E-state index contributed by atoms with van der Waals surface area (Å²) in [6.07, 6.45) is 2.31. The molecule has 0 saturated heterocycles. The minimum atomic E-state index is -0.757. The number of carbonyl (C=O) groups excluding carboxylic acids is 1. The lowest BCUT2D eigenvalue weighted by Crippen LogP contribution is -2.16. The first kappa shape index (κ1) is 15.7. The summed E-state index contributed by atoms with van der Waals surface area (Å²) >= 11 is 0. The van der Waals surface area contributed by atoms with Gasteiger partial charge in [0.1, 0.15) is 6.10 Å². The van der Waals surface area contributed by atoms with E-state index < -0.39 is 5.09 Å². The maximum atomic E-state index is 11.1. The number of ether oxygens (including phenoxy) is 1. The van der Waals surface area contributed by atoms with E-state index >= 15 is 0 Å². The highest BCUT2D eigenvalue weighted by molar-refractivity contribution is 5.71. The molecule has 100 valence electrons. The Morgan fingerprint density at radius 3 is 2.47 bits per heavy atom. The van der Waals surface area contributed by atoms with Gasteiger partial charge in [0.25, 0.3) is 5.09 Å². The van der Waals surface area contributed by atoms with Crippen LogP contribution in [0.25, 0.3) is 0 Å². The molecule has 0 aliphatic rings. The van der Waals surface area contributed by atoms with Gasteiger partial charge in [0.05, 0.1) is 12.5 Å². The molecule has 0 aliphatic heterocycles. The second-order valence-electron chi connectivity index (χ2n) is 4.18. The summed E-state index contributed by atoms with van der Waals surface area (Å²) in [6, 6.07) is 0. The summed E-state index contributed by atoms with van der Waals surface area (Å²) in [5.41, 5.74) is 0. The third-order valence-corrected chi connectivity index (χ3v) is 2.33. The maximum absolute atomic E-state index is 11.1. The molecule has 0 aliphatic carbocycles. The monoisotopic (exact) mass is 247 g/mol. The molecule has 0 N–H and O–H groups in total. The van der Waals surface area contributed by atoms with Crippen molar-refractivity contribution in [2.24, 2.45) is 5.92 Å². The first-order valence-electron chi connectivity index (χ1n) is 5.95. The van der Waals surface area contributed by atoms with Gasteiger partial charge in [0, 0.05) is 0 Å². The van der Waals surface area contributed by atoms with Gasteiger partial charge in [-0.25, -0.2) is 0 Å². The predicted molar refractivity (Wildman–Crippen MR) is 61.8 cm³/mol. The Labute approximate surface area is 101 Å². The van der Waals surface area contributed by atoms with Crippen LogP contribution >= 0.6 is 0 Å². The van der Waals surface area contributed by atoms with Crippen LogP contribution in [-0.4, -0.2) is 23.8 Å². The van der Waals surface area contributed by atoms with Gasteiger partial charge in [-0.15, -0.1) is 10.1 Å². The van der Waals surface area contributed by atoms with Crippen LogP contribution in [0, 0.1) is 16.0 Å². The number of nitrogens with zero attached hydrogens (tertiary/aromatic N) is 1. The molecule has 0 spiro atoms. The lowest BCUT2D eigenvalue weighted by Gasteiger charge is -2.12. The fourth-order valence-corrected chi connectivity index (χ4v) is 1.27. The minimum Gasteiger partial charge on any atom is -0.465 e. The number of carbonyl (C=O) groups is 1. The SMILES string of the molecule is CC[C@H](CCCCOC(=O)C(C)C)O[N+](=O)[O-]. The second kappa shape index (κ2) is 8.78. The first-order valence-corrected chi connectivity index (χ1v) is 5.95. The van der Waals surface area contributed by atoms with Crippen molar-refractivity contribution in [1.82, 2.24) is 0 Å². The van der Waals surface area contributed by atoms with Gasteiger partial charge in [-0.2, -0.15) is 0 Å². The van der Waals surface area contributed by atoms with E-state index in [1.54, 1.807) is 13.8 Å². The third kappa shape index (κ3) is 8.47. The molecule has 0 unspecified atom stereocenters. The molecule has 0 radical (unpaired) electrons. The van der Waals surface area contributed by atoms with Crippen molar-refractivity contribution in [3.05, 3.63) is 10.1 Å². The fraction of sp³-hybridized carbons (Fsp3) is 0.909. The largest absolute Gasteiger partial charge is 0.465 e. The summed E-state index contributed by atoms with van der Waals surface area (Å²) in [4.78, 5) is 25.7. The van der Waals surface area contributed by atoms with E-state index in [2.05, 4.69) is 4.84 Å². The van der Waals surface area contributed by atoms with Crippen LogP contribution in [0.5, 0.6) is 0 Å². The van der Waals surface area contributed by atoms with Gasteiger partial charge < -0.3 is 9.57 Å². The van der Waals surface area contributed by atoms with Crippen LogP contribution in [0.4, 0.5) is 0 Å². The average molecular weight is 247 g/mol. The summed E-state index contributed by atoms with van der Waals surface area (Å²) in [7, 11) is 0. The van der Waals surface area contributed by atoms with Crippen molar-refractivity contribution in [1.29, 1.82) is 0 Å². The number of hydrogen-bond donors (Lipinski definition) is 0.